The van der Waals surface area contributed by atoms with E-state index >= 15 is 0 Å². The number of ether oxygens (including phenoxy) is 1. The molecule has 0 aromatic heterocycles. The van der Waals surface area contributed by atoms with E-state index in [4.69, 9.17) is 16.3 Å². The van der Waals surface area contributed by atoms with Crippen LogP contribution in [0.5, 0.6) is 5.75 Å². The highest BCUT2D eigenvalue weighted by molar-refractivity contribution is 6.31. The van der Waals surface area contributed by atoms with Crippen LogP contribution < -0.4 is 4.74 Å². The first-order chi connectivity index (χ1) is 11.5. The summed E-state index contributed by atoms with van der Waals surface area (Å²) in [6, 6.07) is 9.10. The predicted molar refractivity (Wildman–Crippen MR) is 99.6 cm³/mol. The standard InChI is InChI=1S/C21H25ClF2O/c1-20(2,3)17-9-7-15(24)13-19(17)25-11-10-21(4,5)16-8-6-14(23)12-18(16)22/h6-9,12-13H,10-11H2,1-5H3. The van der Waals surface area contributed by atoms with Gasteiger partial charge in [0.1, 0.15) is 17.4 Å². The Bertz CT molecular complexity index is 748. The molecule has 0 bridgehead atoms. The molecule has 0 N–H and O–H groups in total. The lowest BCUT2D eigenvalue weighted by Gasteiger charge is -2.28. The molecule has 0 heterocycles. The molecule has 0 saturated heterocycles. The molecule has 0 aliphatic rings. The van der Waals surface area contributed by atoms with Gasteiger partial charge < -0.3 is 4.74 Å². The zero-order valence-electron chi connectivity index (χ0n) is 15.4. The zero-order chi connectivity index (χ0) is 18.8. The minimum Gasteiger partial charge on any atom is -0.493 e. The van der Waals surface area contributed by atoms with Crippen molar-refractivity contribution in [2.24, 2.45) is 0 Å². The molecule has 0 atom stereocenters. The summed E-state index contributed by atoms with van der Waals surface area (Å²) in [4.78, 5) is 0. The van der Waals surface area contributed by atoms with E-state index in [1.165, 1.54) is 24.3 Å². The zero-order valence-corrected chi connectivity index (χ0v) is 16.2. The molecule has 136 valence electrons. The first kappa shape index (κ1) is 19.7. The largest absolute Gasteiger partial charge is 0.493 e. The van der Waals surface area contributed by atoms with E-state index in [2.05, 4.69) is 20.8 Å². The Morgan fingerprint density at radius 2 is 1.44 bits per heavy atom. The van der Waals surface area contributed by atoms with Crippen molar-refractivity contribution < 1.29 is 13.5 Å². The van der Waals surface area contributed by atoms with Gasteiger partial charge in [0.25, 0.3) is 0 Å². The van der Waals surface area contributed by atoms with Crippen molar-refractivity contribution in [3.8, 4) is 5.75 Å². The van der Waals surface area contributed by atoms with Gasteiger partial charge in [0.15, 0.2) is 0 Å². The Balaban J connectivity index is 2.13. The van der Waals surface area contributed by atoms with Gasteiger partial charge in [-0.15, -0.1) is 0 Å². The van der Waals surface area contributed by atoms with Crippen LogP contribution in [0.15, 0.2) is 36.4 Å². The molecule has 0 radical (unpaired) electrons. The highest BCUT2D eigenvalue weighted by Crippen LogP contribution is 2.35. The summed E-state index contributed by atoms with van der Waals surface area (Å²) in [7, 11) is 0. The summed E-state index contributed by atoms with van der Waals surface area (Å²) in [5.41, 5.74) is 1.40. The molecular formula is C21H25ClF2O. The second kappa shape index (κ2) is 7.33. The van der Waals surface area contributed by atoms with Crippen molar-refractivity contribution in [3.05, 3.63) is 64.2 Å². The van der Waals surface area contributed by atoms with Crippen LogP contribution in [0.4, 0.5) is 8.78 Å². The van der Waals surface area contributed by atoms with Gasteiger partial charge in [-0.25, -0.2) is 8.78 Å². The molecule has 2 rings (SSSR count). The van der Waals surface area contributed by atoms with Crippen molar-refractivity contribution in [2.75, 3.05) is 6.61 Å². The molecule has 0 saturated carbocycles. The van der Waals surface area contributed by atoms with Crippen LogP contribution in [-0.4, -0.2) is 6.61 Å². The van der Waals surface area contributed by atoms with Crippen molar-refractivity contribution in [2.45, 2.75) is 51.9 Å². The summed E-state index contributed by atoms with van der Waals surface area (Å²) >= 11 is 6.19. The minimum absolute atomic E-state index is 0.140. The van der Waals surface area contributed by atoms with Crippen molar-refractivity contribution in [3.63, 3.8) is 0 Å². The smallest absolute Gasteiger partial charge is 0.126 e. The topological polar surface area (TPSA) is 9.23 Å². The van der Waals surface area contributed by atoms with Crippen LogP contribution in [0.3, 0.4) is 0 Å². The molecule has 2 aromatic rings. The average molecular weight is 367 g/mol. The monoisotopic (exact) mass is 366 g/mol. The second-order valence-electron chi connectivity index (χ2n) is 8.00. The maximum Gasteiger partial charge on any atom is 0.126 e. The van der Waals surface area contributed by atoms with Crippen LogP contribution in [-0.2, 0) is 10.8 Å². The van der Waals surface area contributed by atoms with Crippen molar-refractivity contribution in [1.82, 2.24) is 0 Å². The Morgan fingerprint density at radius 3 is 2.00 bits per heavy atom. The van der Waals surface area contributed by atoms with Crippen LogP contribution in [0, 0.1) is 11.6 Å². The lowest BCUT2D eigenvalue weighted by atomic mass is 9.82. The van der Waals surface area contributed by atoms with E-state index in [0.29, 0.717) is 23.8 Å². The fourth-order valence-electron chi connectivity index (χ4n) is 2.82. The normalized spacial score (nSPS) is 12.3. The van der Waals surface area contributed by atoms with E-state index in [-0.39, 0.29) is 22.5 Å². The molecule has 2 aromatic carbocycles. The third-order valence-corrected chi connectivity index (χ3v) is 4.71. The molecule has 0 aliphatic heterocycles. The molecule has 1 nitrogen and oxygen atoms in total. The van der Waals surface area contributed by atoms with Gasteiger partial charge in [0, 0.05) is 11.1 Å². The SMILES string of the molecule is CC(C)(C)c1ccc(F)cc1OCCC(C)(C)c1ccc(F)cc1Cl. The Kier molecular flexibility index (Phi) is 5.78. The number of hydrogen-bond donors (Lipinski definition) is 0. The van der Waals surface area contributed by atoms with E-state index in [0.717, 1.165) is 11.1 Å². The van der Waals surface area contributed by atoms with Crippen molar-refractivity contribution >= 4 is 11.6 Å². The van der Waals surface area contributed by atoms with Crippen LogP contribution in [0.25, 0.3) is 0 Å². The quantitative estimate of drug-likeness (QED) is 0.574. The highest BCUT2D eigenvalue weighted by Gasteiger charge is 2.25. The molecule has 0 aliphatic carbocycles. The summed E-state index contributed by atoms with van der Waals surface area (Å²) in [6.45, 7) is 10.7. The van der Waals surface area contributed by atoms with Gasteiger partial charge >= 0.3 is 0 Å². The first-order valence-electron chi connectivity index (χ1n) is 8.39. The molecular weight excluding hydrogens is 342 g/mol. The van der Waals surface area contributed by atoms with Gasteiger partial charge in [-0.3, -0.25) is 0 Å². The molecule has 0 unspecified atom stereocenters. The molecule has 25 heavy (non-hydrogen) atoms. The third kappa shape index (κ3) is 4.94. The van der Waals surface area contributed by atoms with Crippen molar-refractivity contribution in [1.29, 1.82) is 0 Å². The lowest BCUT2D eigenvalue weighted by molar-refractivity contribution is 0.266. The summed E-state index contributed by atoms with van der Waals surface area (Å²) in [6.07, 6.45) is 0.665. The summed E-state index contributed by atoms with van der Waals surface area (Å²) in [5.74, 6) is -0.104. The maximum absolute atomic E-state index is 13.6. The Hall–Kier alpha value is -1.61. The first-order valence-corrected chi connectivity index (χ1v) is 8.77. The summed E-state index contributed by atoms with van der Waals surface area (Å²) in [5, 5.41) is 0.408. The van der Waals surface area contributed by atoms with Gasteiger partial charge in [-0.2, -0.15) is 0 Å². The van der Waals surface area contributed by atoms with Crippen LogP contribution in [0.1, 0.15) is 52.2 Å². The van der Waals surface area contributed by atoms with Gasteiger partial charge in [-0.1, -0.05) is 58.4 Å². The van der Waals surface area contributed by atoms with Gasteiger partial charge in [0.2, 0.25) is 0 Å². The average Bonchev–Trinajstić information content (AvgIpc) is 2.45. The molecule has 0 fully saturated rings. The maximum atomic E-state index is 13.6. The minimum atomic E-state index is -0.352. The van der Waals surface area contributed by atoms with Gasteiger partial charge in [0.05, 0.1) is 6.61 Å². The van der Waals surface area contributed by atoms with E-state index in [1.807, 2.05) is 13.8 Å². The number of hydrogen-bond acceptors (Lipinski definition) is 1. The van der Waals surface area contributed by atoms with E-state index < -0.39 is 0 Å². The van der Waals surface area contributed by atoms with Crippen LogP contribution in [0.2, 0.25) is 5.02 Å². The lowest BCUT2D eigenvalue weighted by Crippen LogP contribution is -2.22. The van der Waals surface area contributed by atoms with Gasteiger partial charge in [-0.05, 0) is 46.6 Å². The number of halogens is 3. The van der Waals surface area contributed by atoms with Crippen LogP contribution >= 0.6 is 11.6 Å². The Labute approximate surface area is 154 Å². The highest BCUT2D eigenvalue weighted by atomic mass is 35.5. The van der Waals surface area contributed by atoms with E-state index in [1.54, 1.807) is 12.1 Å². The fourth-order valence-corrected chi connectivity index (χ4v) is 3.25. The number of rotatable bonds is 5. The fraction of sp³-hybridized carbons (Fsp3) is 0.429. The van der Waals surface area contributed by atoms with E-state index in [9.17, 15) is 8.78 Å². The summed E-state index contributed by atoms with van der Waals surface area (Å²) < 4.78 is 32.8. The third-order valence-electron chi connectivity index (χ3n) is 4.40. The second-order valence-corrected chi connectivity index (χ2v) is 8.40. The predicted octanol–water partition coefficient (Wildman–Crippen LogP) is 6.66. The molecule has 4 heteroatoms. The molecule has 0 amide bonds. The Morgan fingerprint density at radius 1 is 0.880 bits per heavy atom. The molecule has 0 spiro atoms. The number of benzene rings is 2.